The Hall–Kier alpha value is -1.77. The number of nitrogens with zero attached hydrogens (tertiary/aromatic N) is 2. The summed E-state index contributed by atoms with van der Waals surface area (Å²) in [5.74, 6) is 0.495. The van der Waals surface area contributed by atoms with Crippen LogP contribution in [0.5, 0.6) is 0 Å². The van der Waals surface area contributed by atoms with Crippen LogP contribution in [-0.2, 0) is 14.3 Å². The number of rotatable bonds is 2. The number of esters is 1. The fraction of sp³-hybridized carbons (Fsp3) is 0.906. The molecular formula is C32H48N2O4. The third-order valence-electron chi connectivity index (χ3n) is 13.8. The van der Waals surface area contributed by atoms with Crippen molar-refractivity contribution in [1.82, 2.24) is 0 Å². The van der Waals surface area contributed by atoms with Gasteiger partial charge in [0.05, 0.1) is 18.6 Å². The van der Waals surface area contributed by atoms with E-state index < -0.39 is 16.9 Å². The zero-order valence-electron chi connectivity index (χ0n) is 24.9. The van der Waals surface area contributed by atoms with E-state index in [4.69, 9.17) is 11.3 Å². The quantitative estimate of drug-likeness (QED) is 0.216. The van der Waals surface area contributed by atoms with E-state index in [1.54, 1.807) is 0 Å². The van der Waals surface area contributed by atoms with E-state index in [-0.39, 0.29) is 63.1 Å². The molecule has 0 aromatic heterocycles. The molecule has 0 saturated heterocycles. The molecule has 6 nitrogen and oxygen atoms in total. The van der Waals surface area contributed by atoms with Crippen molar-refractivity contribution in [3.63, 3.8) is 0 Å². The van der Waals surface area contributed by atoms with Crippen LogP contribution in [0.3, 0.4) is 0 Å². The number of Topliss-reactive ketones (excluding diaryl/α,β-unsaturated/α-hetero) is 1. The SMILES string of the molecule is [C-]#[N+]C1C[C@]2(C)[C@H]3CC(N=O)[C@@H]4[C@@H]5CC(C)(C)CC[C@]5(C(=O)OC)CC[C@@]4(C)[C@]3(C)CC[C@H]2C(C)(C)C1=O. The van der Waals surface area contributed by atoms with Crippen molar-refractivity contribution in [3.05, 3.63) is 16.3 Å². The van der Waals surface area contributed by atoms with Crippen molar-refractivity contribution in [1.29, 1.82) is 0 Å². The monoisotopic (exact) mass is 524 g/mol. The molecule has 0 bridgehead atoms. The number of methoxy groups -OCH3 is 1. The molecule has 0 N–H and O–H groups in total. The first kappa shape index (κ1) is 27.8. The van der Waals surface area contributed by atoms with Gasteiger partial charge in [-0.3, -0.25) is 9.59 Å². The van der Waals surface area contributed by atoms with Crippen LogP contribution in [0.15, 0.2) is 5.18 Å². The van der Waals surface area contributed by atoms with Gasteiger partial charge in [-0.15, -0.1) is 0 Å². The molecule has 5 rings (SSSR count). The molecule has 6 heteroatoms. The highest BCUT2D eigenvalue weighted by atomic mass is 16.5. The molecular weight excluding hydrogens is 476 g/mol. The van der Waals surface area contributed by atoms with Gasteiger partial charge in [0.25, 0.3) is 6.04 Å². The molecule has 0 spiro atoms. The summed E-state index contributed by atoms with van der Waals surface area (Å²) in [6.45, 7) is 23.7. The molecule has 5 aliphatic carbocycles. The summed E-state index contributed by atoms with van der Waals surface area (Å²) in [5.41, 5.74) is -1.40. The van der Waals surface area contributed by atoms with Gasteiger partial charge >= 0.3 is 5.97 Å². The van der Waals surface area contributed by atoms with Crippen LogP contribution >= 0.6 is 0 Å². The van der Waals surface area contributed by atoms with Gasteiger partial charge in [0.15, 0.2) is 0 Å². The van der Waals surface area contributed by atoms with Gasteiger partial charge in [0.1, 0.15) is 0 Å². The molecule has 0 aliphatic heterocycles. The number of ketones is 1. The lowest BCUT2D eigenvalue weighted by Crippen LogP contribution is -2.70. The summed E-state index contributed by atoms with van der Waals surface area (Å²) in [6.07, 6.45) is 7.66. The van der Waals surface area contributed by atoms with E-state index >= 15 is 0 Å². The van der Waals surface area contributed by atoms with Gasteiger partial charge in [-0.25, -0.2) is 6.57 Å². The molecule has 0 heterocycles. The number of nitroso groups, excluding NO2 is 1. The molecule has 0 aromatic carbocycles. The molecule has 5 fully saturated rings. The summed E-state index contributed by atoms with van der Waals surface area (Å²) in [4.78, 5) is 43.5. The first-order valence-electron chi connectivity index (χ1n) is 14.9. The molecule has 10 atom stereocenters. The highest BCUT2D eigenvalue weighted by Crippen LogP contribution is 2.77. The number of fused-ring (bicyclic) bond motifs is 7. The van der Waals surface area contributed by atoms with Crippen molar-refractivity contribution in [3.8, 4) is 0 Å². The Kier molecular flexibility index (Phi) is 6.12. The number of carbonyl (C=O) groups is 2. The Morgan fingerprint density at radius 3 is 2.21 bits per heavy atom. The Morgan fingerprint density at radius 1 is 0.947 bits per heavy atom. The lowest BCUT2D eigenvalue weighted by molar-refractivity contribution is -0.249. The Balaban J connectivity index is 1.64. The minimum Gasteiger partial charge on any atom is -0.469 e. The van der Waals surface area contributed by atoms with Gasteiger partial charge in [-0.2, -0.15) is 4.91 Å². The summed E-state index contributed by atoms with van der Waals surface area (Å²) in [6, 6.07) is -0.983. The Labute approximate surface area is 229 Å². The molecule has 2 unspecified atom stereocenters. The molecule has 0 amide bonds. The molecule has 0 aromatic rings. The second-order valence-corrected chi connectivity index (χ2v) is 16.0. The van der Waals surface area contributed by atoms with Crippen molar-refractivity contribution >= 4 is 11.8 Å². The maximum Gasteiger partial charge on any atom is 0.312 e. The fourth-order valence-corrected chi connectivity index (χ4v) is 11.7. The first-order valence-corrected chi connectivity index (χ1v) is 14.9. The van der Waals surface area contributed by atoms with E-state index in [1.807, 2.05) is 0 Å². The maximum absolute atomic E-state index is 13.5. The molecule has 5 saturated carbocycles. The highest BCUT2D eigenvalue weighted by Gasteiger charge is 2.74. The van der Waals surface area contributed by atoms with Crippen LogP contribution in [0.4, 0.5) is 0 Å². The smallest absolute Gasteiger partial charge is 0.312 e. The first-order chi connectivity index (χ1) is 17.6. The van der Waals surface area contributed by atoms with E-state index in [2.05, 4.69) is 58.5 Å². The van der Waals surface area contributed by atoms with Crippen molar-refractivity contribution in [2.24, 2.45) is 61.3 Å². The lowest BCUT2D eigenvalue weighted by atomic mass is 9.30. The van der Waals surface area contributed by atoms with Crippen LogP contribution in [0.25, 0.3) is 4.85 Å². The minimum atomic E-state index is -0.612. The average Bonchev–Trinajstić information content (AvgIpc) is 2.85. The predicted molar refractivity (Wildman–Crippen MR) is 147 cm³/mol. The van der Waals surface area contributed by atoms with Crippen molar-refractivity contribution < 1.29 is 14.3 Å². The number of ether oxygens (including phenoxy) is 1. The molecule has 0 radical (unpaired) electrons. The topological polar surface area (TPSA) is 77.2 Å². The van der Waals surface area contributed by atoms with E-state index in [0.717, 1.165) is 44.9 Å². The highest BCUT2D eigenvalue weighted by molar-refractivity contribution is 5.92. The second-order valence-electron chi connectivity index (χ2n) is 16.0. The predicted octanol–water partition coefficient (Wildman–Crippen LogP) is 7.25. The van der Waals surface area contributed by atoms with Crippen LogP contribution in [-0.4, -0.2) is 30.9 Å². The summed E-state index contributed by atoms with van der Waals surface area (Å²) >= 11 is 0. The van der Waals surface area contributed by atoms with Gasteiger partial charge in [-0.1, -0.05) is 53.6 Å². The largest absolute Gasteiger partial charge is 0.469 e. The molecule has 210 valence electrons. The van der Waals surface area contributed by atoms with Crippen molar-refractivity contribution in [2.45, 2.75) is 118 Å². The summed E-state index contributed by atoms with van der Waals surface area (Å²) in [5, 5.41) is 3.88. The lowest BCUT2D eigenvalue weighted by Gasteiger charge is -2.73. The third kappa shape index (κ3) is 3.29. The molecule has 5 aliphatic rings. The van der Waals surface area contributed by atoms with Crippen LogP contribution < -0.4 is 0 Å². The Morgan fingerprint density at radius 2 is 1.61 bits per heavy atom. The molecule has 38 heavy (non-hydrogen) atoms. The summed E-state index contributed by atoms with van der Waals surface area (Å²) < 4.78 is 5.47. The van der Waals surface area contributed by atoms with Crippen LogP contribution in [0.1, 0.15) is 106 Å². The fourth-order valence-electron chi connectivity index (χ4n) is 11.7. The standard InChI is InChI=1S/C32H48N2O4/c1-27(2)12-14-32(26(36)38-9)15-13-31(7)24(19(32)17-27)20(34-37)16-23-29(5)18-21(33-8)25(35)28(3,4)22(29)10-11-30(23,31)6/h19-24H,10-18H2,1-7,9H3/t19-,20?,21?,22-,23+,24-,29-,30+,31+,32-/m0/s1. The van der Waals surface area contributed by atoms with E-state index in [9.17, 15) is 14.5 Å². The average molecular weight is 525 g/mol. The zero-order valence-corrected chi connectivity index (χ0v) is 24.9. The van der Waals surface area contributed by atoms with Crippen LogP contribution in [0, 0.1) is 67.6 Å². The maximum atomic E-state index is 13.5. The second kappa shape index (κ2) is 8.37. The van der Waals surface area contributed by atoms with E-state index in [1.165, 1.54) is 7.11 Å². The van der Waals surface area contributed by atoms with Crippen LogP contribution in [0.2, 0.25) is 0 Å². The third-order valence-corrected chi connectivity index (χ3v) is 13.8. The van der Waals surface area contributed by atoms with Crippen molar-refractivity contribution in [2.75, 3.05) is 7.11 Å². The van der Waals surface area contributed by atoms with Gasteiger partial charge < -0.3 is 9.58 Å². The van der Waals surface area contributed by atoms with Gasteiger partial charge in [0, 0.05) is 11.8 Å². The number of carbonyl (C=O) groups excluding carboxylic acids is 2. The normalized spacial score (nSPS) is 50.8. The number of hydrogen-bond acceptors (Lipinski definition) is 5. The van der Waals surface area contributed by atoms with Gasteiger partial charge in [0.2, 0.25) is 5.78 Å². The summed E-state index contributed by atoms with van der Waals surface area (Å²) in [7, 11) is 1.51. The van der Waals surface area contributed by atoms with Gasteiger partial charge in [-0.05, 0) is 96.7 Å². The minimum absolute atomic E-state index is 0.0312. The zero-order chi connectivity index (χ0) is 28.1. The Bertz CT molecular complexity index is 1090. The van der Waals surface area contributed by atoms with E-state index in [0.29, 0.717) is 12.8 Å². The number of hydrogen-bond donors (Lipinski definition) is 0.